The minimum Gasteiger partial charge on any atom is -0.485 e. The van der Waals surface area contributed by atoms with Gasteiger partial charge in [-0.25, -0.2) is 4.79 Å². The molecule has 19 heavy (non-hydrogen) atoms. The summed E-state index contributed by atoms with van der Waals surface area (Å²) in [6.45, 7) is 0.281. The quantitative estimate of drug-likeness (QED) is 0.897. The van der Waals surface area contributed by atoms with Gasteiger partial charge in [-0.05, 0) is 12.1 Å². The van der Waals surface area contributed by atoms with Gasteiger partial charge in [0.2, 0.25) is 6.79 Å². The molecule has 0 saturated heterocycles. The van der Waals surface area contributed by atoms with Crippen molar-refractivity contribution in [1.29, 1.82) is 0 Å². The van der Waals surface area contributed by atoms with E-state index in [-0.39, 0.29) is 19.1 Å². The Kier molecular flexibility index (Phi) is 2.71. The maximum Gasteiger partial charge on any atom is 0.358 e. The second-order valence-electron chi connectivity index (χ2n) is 3.79. The highest BCUT2D eigenvalue weighted by atomic mass is 16.7. The summed E-state index contributed by atoms with van der Waals surface area (Å²) in [6, 6.07) is 6.47. The van der Waals surface area contributed by atoms with Gasteiger partial charge >= 0.3 is 5.97 Å². The van der Waals surface area contributed by atoms with Crippen LogP contribution in [0.25, 0.3) is 0 Å². The lowest BCUT2D eigenvalue weighted by Crippen LogP contribution is -1.96. The minimum absolute atomic E-state index is 0.0833. The van der Waals surface area contributed by atoms with Crippen molar-refractivity contribution in [2.45, 2.75) is 6.61 Å². The van der Waals surface area contributed by atoms with E-state index >= 15 is 0 Å². The lowest BCUT2D eigenvalue weighted by molar-refractivity contribution is 0.0685. The first kappa shape index (κ1) is 11.4. The second kappa shape index (κ2) is 4.52. The van der Waals surface area contributed by atoms with Gasteiger partial charge in [-0.1, -0.05) is 5.16 Å². The maximum absolute atomic E-state index is 10.6. The number of nitrogens with zero attached hydrogens (tertiary/aromatic N) is 1. The predicted molar refractivity (Wildman–Crippen MR) is 60.4 cm³/mol. The van der Waals surface area contributed by atoms with Gasteiger partial charge in [0, 0.05) is 12.1 Å². The molecule has 0 unspecified atom stereocenters. The van der Waals surface area contributed by atoms with Gasteiger partial charge in [0.1, 0.15) is 12.4 Å². The van der Waals surface area contributed by atoms with E-state index in [1.54, 1.807) is 18.2 Å². The zero-order valence-electron chi connectivity index (χ0n) is 9.66. The summed E-state index contributed by atoms with van der Waals surface area (Å²) in [4.78, 5) is 10.6. The third kappa shape index (κ3) is 2.30. The van der Waals surface area contributed by atoms with E-state index in [4.69, 9.17) is 23.8 Å². The predicted octanol–water partition coefficient (Wildman–Crippen LogP) is 1.68. The Morgan fingerprint density at radius 1 is 1.32 bits per heavy atom. The van der Waals surface area contributed by atoms with E-state index < -0.39 is 5.97 Å². The second-order valence-corrected chi connectivity index (χ2v) is 3.79. The molecule has 0 bridgehead atoms. The molecule has 1 aromatic carbocycles. The summed E-state index contributed by atoms with van der Waals surface area (Å²) in [7, 11) is 0. The first-order chi connectivity index (χ1) is 9.22. The number of carbonyl (C=O) groups is 1. The zero-order chi connectivity index (χ0) is 13.2. The SMILES string of the molecule is O=C(O)c1cc(COc2ccc3c(c2)OCO3)on1. The topological polar surface area (TPSA) is 91.0 Å². The number of aromatic carboxylic acids is 1. The number of fused-ring (bicyclic) bond motifs is 1. The highest BCUT2D eigenvalue weighted by Gasteiger charge is 2.15. The van der Waals surface area contributed by atoms with Crippen molar-refractivity contribution in [2.75, 3.05) is 6.79 Å². The van der Waals surface area contributed by atoms with Crippen LogP contribution in [0.1, 0.15) is 16.2 Å². The van der Waals surface area contributed by atoms with E-state index in [0.29, 0.717) is 23.0 Å². The molecule has 98 valence electrons. The Labute approximate surface area is 107 Å². The number of benzene rings is 1. The highest BCUT2D eigenvalue weighted by molar-refractivity contribution is 5.85. The Morgan fingerprint density at radius 2 is 2.16 bits per heavy atom. The molecule has 7 nitrogen and oxygen atoms in total. The number of hydrogen-bond donors (Lipinski definition) is 1. The molecule has 0 radical (unpaired) electrons. The van der Waals surface area contributed by atoms with Crippen molar-refractivity contribution < 1.29 is 28.6 Å². The van der Waals surface area contributed by atoms with Crippen molar-refractivity contribution in [3.05, 3.63) is 35.7 Å². The molecule has 0 spiro atoms. The van der Waals surface area contributed by atoms with Crippen molar-refractivity contribution in [2.24, 2.45) is 0 Å². The number of carboxylic acid groups (broad SMARTS) is 1. The molecule has 3 rings (SSSR count). The van der Waals surface area contributed by atoms with Crippen molar-refractivity contribution in [3.8, 4) is 17.2 Å². The van der Waals surface area contributed by atoms with Crippen LogP contribution in [-0.2, 0) is 6.61 Å². The third-order valence-corrected chi connectivity index (χ3v) is 2.50. The number of hydrogen-bond acceptors (Lipinski definition) is 6. The van der Waals surface area contributed by atoms with Crippen LogP contribution in [0.5, 0.6) is 17.2 Å². The van der Waals surface area contributed by atoms with Gasteiger partial charge in [-0.2, -0.15) is 0 Å². The van der Waals surface area contributed by atoms with Crippen LogP contribution >= 0.6 is 0 Å². The van der Waals surface area contributed by atoms with Crippen molar-refractivity contribution in [1.82, 2.24) is 5.16 Å². The van der Waals surface area contributed by atoms with Crippen LogP contribution in [0.4, 0.5) is 0 Å². The van der Waals surface area contributed by atoms with Gasteiger partial charge in [0.05, 0.1) is 0 Å². The average molecular weight is 263 g/mol. The fourth-order valence-corrected chi connectivity index (χ4v) is 1.60. The normalized spacial score (nSPS) is 12.4. The summed E-state index contributed by atoms with van der Waals surface area (Å²) < 4.78 is 20.7. The van der Waals surface area contributed by atoms with Crippen LogP contribution in [0.3, 0.4) is 0 Å². The molecule has 0 atom stereocenters. The first-order valence-electron chi connectivity index (χ1n) is 5.44. The smallest absolute Gasteiger partial charge is 0.358 e. The molecule has 0 amide bonds. The van der Waals surface area contributed by atoms with E-state index in [1.807, 2.05) is 0 Å². The number of rotatable bonds is 4. The fraction of sp³-hybridized carbons (Fsp3) is 0.167. The minimum atomic E-state index is -1.14. The largest absolute Gasteiger partial charge is 0.485 e. The van der Waals surface area contributed by atoms with Gasteiger partial charge in [-0.3, -0.25) is 0 Å². The van der Waals surface area contributed by atoms with E-state index in [1.165, 1.54) is 6.07 Å². The summed E-state index contributed by atoms with van der Waals surface area (Å²) in [5, 5.41) is 12.1. The Balaban J connectivity index is 1.67. The first-order valence-corrected chi connectivity index (χ1v) is 5.44. The van der Waals surface area contributed by atoms with Gasteiger partial charge in [0.15, 0.2) is 23.0 Å². The fourth-order valence-electron chi connectivity index (χ4n) is 1.60. The Bertz CT molecular complexity index is 620. The maximum atomic E-state index is 10.6. The lowest BCUT2D eigenvalue weighted by Gasteiger charge is -2.04. The Hall–Kier alpha value is -2.70. The van der Waals surface area contributed by atoms with Crippen LogP contribution in [0.15, 0.2) is 28.8 Å². The molecular formula is C12H9NO6. The van der Waals surface area contributed by atoms with Crippen LogP contribution in [-0.4, -0.2) is 23.0 Å². The van der Waals surface area contributed by atoms with Gasteiger partial charge in [0.25, 0.3) is 0 Å². The van der Waals surface area contributed by atoms with E-state index in [9.17, 15) is 4.79 Å². The summed E-state index contributed by atoms with van der Waals surface area (Å²) >= 11 is 0. The highest BCUT2D eigenvalue weighted by Crippen LogP contribution is 2.35. The molecule has 2 aromatic rings. The standard InChI is InChI=1S/C12H9NO6/c14-12(15)9-3-8(19-13-9)5-16-7-1-2-10-11(4-7)18-6-17-10/h1-4H,5-6H2,(H,14,15). The van der Waals surface area contributed by atoms with Crippen molar-refractivity contribution >= 4 is 5.97 Å². The summed E-state index contributed by atoms with van der Waals surface area (Å²) in [5.41, 5.74) is -0.149. The molecule has 1 aliphatic rings. The van der Waals surface area contributed by atoms with Crippen LogP contribution in [0.2, 0.25) is 0 Å². The lowest BCUT2D eigenvalue weighted by atomic mass is 10.3. The Morgan fingerprint density at radius 3 is 2.95 bits per heavy atom. The van der Waals surface area contributed by atoms with Crippen molar-refractivity contribution in [3.63, 3.8) is 0 Å². The summed E-state index contributed by atoms with van der Waals surface area (Å²) in [5.74, 6) is 1.03. The van der Waals surface area contributed by atoms with E-state index in [2.05, 4.69) is 5.16 Å². The molecule has 1 aliphatic heterocycles. The van der Waals surface area contributed by atoms with E-state index in [0.717, 1.165) is 0 Å². The van der Waals surface area contributed by atoms with Crippen LogP contribution in [0, 0.1) is 0 Å². The number of carboxylic acids is 1. The zero-order valence-corrected chi connectivity index (χ0v) is 9.66. The average Bonchev–Trinajstić information content (AvgIpc) is 3.04. The molecule has 0 saturated carbocycles. The summed E-state index contributed by atoms with van der Waals surface area (Å²) in [6.07, 6.45) is 0. The molecule has 1 aromatic heterocycles. The molecule has 1 N–H and O–H groups in total. The molecular weight excluding hydrogens is 254 g/mol. The number of ether oxygens (including phenoxy) is 3. The van der Waals surface area contributed by atoms with Crippen LogP contribution < -0.4 is 14.2 Å². The molecule has 0 fully saturated rings. The monoisotopic (exact) mass is 263 g/mol. The molecule has 0 aliphatic carbocycles. The van der Waals surface area contributed by atoms with Gasteiger partial charge in [-0.15, -0.1) is 0 Å². The molecule has 2 heterocycles. The van der Waals surface area contributed by atoms with Gasteiger partial charge < -0.3 is 23.8 Å². The third-order valence-electron chi connectivity index (χ3n) is 2.50. The number of aromatic nitrogens is 1. The molecule has 7 heteroatoms.